The predicted molar refractivity (Wildman–Crippen MR) is 88.0 cm³/mol. The SMILES string of the molecule is Cc1cc2c(cc1C)N(C)c1cc(C)c(C)cc1N2C. The maximum atomic E-state index is 2.31. The van der Waals surface area contributed by atoms with Crippen molar-refractivity contribution in [3.05, 3.63) is 46.5 Å². The summed E-state index contributed by atoms with van der Waals surface area (Å²) < 4.78 is 0. The van der Waals surface area contributed by atoms with Crippen LogP contribution in [-0.4, -0.2) is 14.1 Å². The smallest absolute Gasteiger partial charge is 0.0652 e. The topological polar surface area (TPSA) is 6.48 Å². The van der Waals surface area contributed by atoms with Crippen molar-refractivity contribution in [3.8, 4) is 0 Å². The first-order valence-corrected chi connectivity index (χ1v) is 7.10. The predicted octanol–water partition coefficient (Wildman–Crippen LogP) is 4.77. The molecule has 20 heavy (non-hydrogen) atoms. The van der Waals surface area contributed by atoms with E-state index in [1.54, 1.807) is 0 Å². The van der Waals surface area contributed by atoms with Gasteiger partial charge in [-0.1, -0.05) is 0 Å². The van der Waals surface area contributed by atoms with Crippen molar-refractivity contribution >= 4 is 22.7 Å². The van der Waals surface area contributed by atoms with Crippen LogP contribution in [0.2, 0.25) is 0 Å². The molecule has 1 heterocycles. The Morgan fingerprint density at radius 2 is 0.700 bits per heavy atom. The average molecular weight is 266 g/mol. The number of nitrogens with zero attached hydrogens (tertiary/aromatic N) is 2. The molecule has 0 aliphatic carbocycles. The summed E-state index contributed by atoms with van der Waals surface area (Å²) >= 11 is 0. The fraction of sp³-hybridized carbons (Fsp3) is 0.333. The van der Waals surface area contributed by atoms with Gasteiger partial charge >= 0.3 is 0 Å². The lowest BCUT2D eigenvalue weighted by molar-refractivity contribution is 1.08. The van der Waals surface area contributed by atoms with Crippen LogP contribution in [0.1, 0.15) is 22.3 Å². The zero-order chi connectivity index (χ0) is 14.6. The van der Waals surface area contributed by atoms with Crippen molar-refractivity contribution in [2.45, 2.75) is 27.7 Å². The number of aryl methyl sites for hydroxylation is 4. The molecule has 1 aliphatic rings. The van der Waals surface area contributed by atoms with Crippen molar-refractivity contribution in [1.82, 2.24) is 0 Å². The Labute approximate surface area is 121 Å². The molecule has 0 aromatic heterocycles. The molecule has 1 aliphatic heterocycles. The molecule has 0 spiro atoms. The van der Waals surface area contributed by atoms with E-state index in [0.717, 1.165) is 0 Å². The van der Waals surface area contributed by atoms with Crippen molar-refractivity contribution < 1.29 is 0 Å². The second-order valence-electron chi connectivity index (χ2n) is 5.97. The number of benzene rings is 2. The lowest BCUT2D eigenvalue weighted by atomic mass is 10.00. The van der Waals surface area contributed by atoms with Crippen LogP contribution in [-0.2, 0) is 0 Å². The molecule has 104 valence electrons. The van der Waals surface area contributed by atoms with Crippen LogP contribution in [0.3, 0.4) is 0 Å². The molecule has 0 unspecified atom stereocenters. The largest absolute Gasteiger partial charge is 0.341 e. The highest BCUT2D eigenvalue weighted by molar-refractivity contribution is 5.93. The van der Waals surface area contributed by atoms with Gasteiger partial charge in [-0.25, -0.2) is 0 Å². The van der Waals surface area contributed by atoms with Crippen LogP contribution in [0.15, 0.2) is 24.3 Å². The van der Waals surface area contributed by atoms with E-state index in [2.05, 4.69) is 75.9 Å². The molecule has 2 heteroatoms. The number of anilines is 4. The zero-order valence-corrected chi connectivity index (χ0v) is 13.2. The highest BCUT2D eigenvalue weighted by Gasteiger charge is 2.25. The summed E-state index contributed by atoms with van der Waals surface area (Å²) in [5.41, 5.74) is 10.5. The first-order chi connectivity index (χ1) is 9.40. The van der Waals surface area contributed by atoms with Crippen LogP contribution < -0.4 is 9.80 Å². The summed E-state index contributed by atoms with van der Waals surface area (Å²) in [7, 11) is 4.32. The minimum Gasteiger partial charge on any atom is -0.341 e. The Balaban J connectivity index is 2.27. The third-order valence-corrected chi connectivity index (χ3v) is 4.63. The average Bonchev–Trinajstić information content (AvgIpc) is 2.41. The summed E-state index contributed by atoms with van der Waals surface area (Å²) in [5.74, 6) is 0. The number of rotatable bonds is 0. The van der Waals surface area contributed by atoms with E-state index in [-0.39, 0.29) is 0 Å². The maximum Gasteiger partial charge on any atom is 0.0652 e. The van der Waals surface area contributed by atoms with Gasteiger partial charge < -0.3 is 9.80 Å². The van der Waals surface area contributed by atoms with Gasteiger partial charge in [0.1, 0.15) is 0 Å². The van der Waals surface area contributed by atoms with Gasteiger partial charge in [0.05, 0.1) is 22.7 Å². The van der Waals surface area contributed by atoms with Crippen LogP contribution in [0.5, 0.6) is 0 Å². The minimum absolute atomic E-state index is 1.28. The lowest BCUT2D eigenvalue weighted by Crippen LogP contribution is -2.25. The molecule has 0 N–H and O–H groups in total. The van der Waals surface area contributed by atoms with E-state index < -0.39 is 0 Å². The van der Waals surface area contributed by atoms with E-state index in [1.165, 1.54) is 45.0 Å². The van der Waals surface area contributed by atoms with Gasteiger partial charge in [-0.2, -0.15) is 0 Å². The summed E-state index contributed by atoms with van der Waals surface area (Å²) in [6, 6.07) is 9.16. The molecule has 0 saturated carbocycles. The minimum atomic E-state index is 1.28. The van der Waals surface area contributed by atoms with E-state index in [9.17, 15) is 0 Å². The summed E-state index contributed by atoms with van der Waals surface area (Å²) in [4.78, 5) is 4.62. The molecule has 0 bridgehead atoms. The monoisotopic (exact) mass is 266 g/mol. The molecule has 0 amide bonds. The van der Waals surface area contributed by atoms with E-state index in [0.29, 0.717) is 0 Å². The third-order valence-electron chi connectivity index (χ3n) is 4.63. The van der Waals surface area contributed by atoms with Gasteiger partial charge in [-0.05, 0) is 74.2 Å². The zero-order valence-electron chi connectivity index (χ0n) is 13.2. The summed E-state index contributed by atoms with van der Waals surface area (Å²) in [6.07, 6.45) is 0. The fourth-order valence-electron chi connectivity index (χ4n) is 2.91. The van der Waals surface area contributed by atoms with Gasteiger partial charge in [0, 0.05) is 14.1 Å². The molecule has 3 rings (SSSR count). The quantitative estimate of drug-likeness (QED) is 0.677. The van der Waals surface area contributed by atoms with Gasteiger partial charge in [-0.15, -0.1) is 0 Å². The third kappa shape index (κ3) is 1.71. The summed E-state index contributed by atoms with van der Waals surface area (Å²) in [5, 5.41) is 0. The lowest BCUT2D eigenvalue weighted by Gasteiger charge is -2.37. The van der Waals surface area contributed by atoms with Crippen LogP contribution >= 0.6 is 0 Å². The highest BCUT2D eigenvalue weighted by Crippen LogP contribution is 2.47. The second-order valence-corrected chi connectivity index (χ2v) is 5.97. The van der Waals surface area contributed by atoms with Gasteiger partial charge in [0.15, 0.2) is 0 Å². The van der Waals surface area contributed by atoms with Crippen molar-refractivity contribution in [3.63, 3.8) is 0 Å². The molecule has 0 radical (unpaired) electrons. The first kappa shape index (κ1) is 13.0. The highest BCUT2D eigenvalue weighted by atomic mass is 15.2. The fourth-order valence-corrected chi connectivity index (χ4v) is 2.91. The van der Waals surface area contributed by atoms with E-state index >= 15 is 0 Å². The molecule has 0 atom stereocenters. The Morgan fingerprint density at radius 3 is 0.900 bits per heavy atom. The van der Waals surface area contributed by atoms with Crippen LogP contribution in [0.25, 0.3) is 0 Å². The molecule has 2 nitrogen and oxygen atoms in total. The summed E-state index contributed by atoms with van der Waals surface area (Å²) in [6.45, 7) is 8.72. The van der Waals surface area contributed by atoms with Crippen LogP contribution in [0.4, 0.5) is 22.7 Å². The molecular weight excluding hydrogens is 244 g/mol. The molecular formula is C18H22N2. The van der Waals surface area contributed by atoms with Gasteiger partial charge in [0.2, 0.25) is 0 Å². The molecule has 2 aromatic rings. The van der Waals surface area contributed by atoms with Crippen LogP contribution in [0, 0.1) is 27.7 Å². The van der Waals surface area contributed by atoms with Crippen molar-refractivity contribution in [2.24, 2.45) is 0 Å². The Morgan fingerprint density at radius 1 is 0.500 bits per heavy atom. The maximum absolute atomic E-state index is 2.31. The molecule has 0 saturated heterocycles. The Kier molecular flexibility index (Phi) is 2.79. The second kappa shape index (κ2) is 4.27. The number of hydrogen-bond acceptors (Lipinski definition) is 2. The van der Waals surface area contributed by atoms with Gasteiger partial charge in [-0.3, -0.25) is 0 Å². The Bertz CT molecular complexity index is 582. The Hall–Kier alpha value is -1.96. The van der Waals surface area contributed by atoms with Crippen molar-refractivity contribution in [2.75, 3.05) is 23.9 Å². The first-order valence-electron chi connectivity index (χ1n) is 7.10. The van der Waals surface area contributed by atoms with Gasteiger partial charge in [0.25, 0.3) is 0 Å². The number of fused-ring (bicyclic) bond motifs is 2. The number of hydrogen-bond donors (Lipinski definition) is 0. The standard InChI is InChI=1S/C18H22N2/c1-11-7-15-16(8-12(11)2)20(6)18-10-14(4)13(3)9-17(18)19(15)5/h7-10H,1-6H3. The van der Waals surface area contributed by atoms with E-state index in [4.69, 9.17) is 0 Å². The normalized spacial score (nSPS) is 13.3. The molecule has 2 aromatic carbocycles. The molecule has 0 fully saturated rings. The van der Waals surface area contributed by atoms with E-state index in [1.807, 2.05) is 0 Å². The van der Waals surface area contributed by atoms with Crippen molar-refractivity contribution in [1.29, 1.82) is 0 Å².